The minimum atomic E-state index is -0.416. The van der Waals surface area contributed by atoms with Crippen LogP contribution in [0.1, 0.15) is 46.0 Å². The van der Waals surface area contributed by atoms with Crippen molar-refractivity contribution in [1.29, 1.82) is 0 Å². The molecule has 1 saturated carbocycles. The highest BCUT2D eigenvalue weighted by Crippen LogP contribution is 2.20. The molecule has 2 N–H and O–H groups in total. The van der Waals surface area contributed by atoms with Crippen molar-refractivity contribution < 1.29 is 14.6 Å². The molecule has 0 saturated heterocycles. The fraction of sp³-hybridized carbons (Fsp3) is 1.00. The number of hydrogen-bond donors (Lipinski definition) is 2. The Morgan fingerprint density at radius 1 is 1.22 bits per heavy atom. The molecule has 0 heterocycles. The summed E-state index contributed by atoms with van der Waals surface area (Å²) in [6, 6.07) is 0. The first-order valence-corrected chi connectivity index (χ1v) is 7.34. The lowest BCUT2D eigenvalue weighted by atomic mass is 9.98. The summed E-state index contributed by atoms with van der Waals surface area (Å²) in [6.45, 7) is 6.54. The number of ether oxygens (including phenoxy) is 2. The van der Waals surface area contributed by atoms with Crippen LogP contribution in [0.4, 0.5) is 0 Å². The maximum absolute atomic E-state index is 9.79. The van der Waals surface area contributed by atoms with Crippen molar-refractivity contribution in [3.8, 4) is 0 Å². The van der Waals surface area contributed by atoms with Crippen molar-refractivity contribution in [3.05, 3.63) is 0 Å². The molecule has 0 amide bonds. The van der Waals surface area contributed by atoms with E-state index in [0.29, 0.717) is 19.3 Å². The van der Waals surface area contributed by atoms with Crippen LogP contribution in [0.5, 0.6) is 0 Å². The van der Waals surface area contributed by atoms with Crippen LogP contribution in [0.25, 0.3) is 0 Å². The van der Waals surface area contributed by atoms with E-state index in [0.717, 1.165) is 26.0 Å². The summed E-state index contributed by atoms with van der Waals surface area (Å²) in [7, 11) is 0. The molecule has 1 rings (SSSR count). The quantitative estimate of drug-likeness (QED) is 0.662. The van der Waals surface area contributed by atoms with Crippen molar-refractivity contribution >= 4 is 0 Å². The van der Waals surface area contributed by atoms with E-state index in [-0.39, 0.29) is 6.10 Å². The smallest absolute Gasteiger partial charge is 0.0897 e. The molecule has 4 nitrogen and oxygen atoms in total. The molecule has 0 spiro atoms. The van der Waals surface area contributed by atoms with Gasteiger partial charge in [0, 0.05) is 19.7 Å². The fourth-order valence-electron chi connectivity index (χ4n) is 2.33. The first-order valence-electron chi connectivity index (χ1n) is 7.34. The Kier molecular flexibility index (Phi) is 8.59. The van der Waals surface area contributed by atoms with Gasteiger partial charge in [0.15, 0.2) is 0 Å². The maximum Gasteiger partial charge on any atom is 0.0897 e. The predicted molar refractivity (Wildman–Crippen MR) is 72.8 cm³/mol. The van der Waals surface area contributed by atoms with Crippen LogP contribution in [-0.4, -0.2) is 49.7 Å². The second-order valence-electron chi connectivity index (χ2n) is 5.17. The van der Waals surface area contributed by atoms with Gasteiger partial charge >= 0.3 is 0 Å². The van der Waals surface area contributed by atoms with E-state index < -0.39 is 6.10 Å². The SMILES string of the molecule is CCOC(C)CNCC(O)COC1CCCCC1. The monoisotopic (exact) mass is 259 g/mol. The molecule has 1 fully saturated rings. The van der Waals surface area contributed by atoms with E-state index in [1.54, 1.807) is 0 Å². The van der Waals surface area contributed by atoms with Gasteiger partial charge in [-0.25, -0.2) is 0 Å². The van der Waals surface area contributed by atoms with Gasteiger partial charge in [-0.05, 0) is 26.7 Å². The van der Waals surface area contributed by atoms with Crippen molar-refractivity contribution in [3.63, 3.8) is 0 Å². The van der Waals surface area contributed by atoms with Gasteiger partial charge in [0.1, 0.15) is 0 Å². The molecule has 0 aromatic rings. The molecule has 1 aliphatic carbocycles. The van der Waals surface area contributed by atoms with Crippen molar-refractivity contribution in [2.24, 2.45) is 0 Å². The second kappa shape index (κ2) is 9.73. The lowest BCUT2D eigenvalue weighted by Gasteiger charge is -2.23. The highest BCUT2D eigenvalue weighted by atomic mass is 16.5. The Morgan fingerprint density at radius 3 is 2.61 bits per heavy atom. The maximum atomic E-state index is 9.79. The molecular weight excluding hydrogens is 230 g/mol. The topological polar surface area (TPSA) is 50.7 Å². The third-order valence-corrected chi connectivity index (χ3v) is 3.34. The second-order valence-corrected chi connectivity index (χ2v) is 5.17. The molecule has 0 aliphatic heterocycles. The first-order chi connectivity index (χ1) is 8.72. The summed E-state index contributed by atoms with van der Waals surface area (Å²) >= 11 is 0. The van der Waals surface area contributed by atoms with Gasteiger partial charge in [-0.1, -0.05) is 19.3 Å². The zero-order valence-electron chi connectivity index (χ0n) is 11.9. The first kappa shape index (κ1) is 15.9. The van der Waals surface area contributed by atoms with E-state index in [2.05, 4.69) is 5.32 Å². The van der Waals surface area contributed by atoms with E-state index in [1.807, 2.05) is 13.8 Å². The van der Waals surface area contributed by atoms with Gasteiger partial charge in [0.2, 0.25) is 0 Å². The Morgan fingerprint density at radius 2 is 1.94 bits per heavy atom. The molecule has 4 heteroatoms. The van der Waals surface area contributed by atoms with Gasteiger partial charge in [-0.15, -0.1) is 0 Å². The lowest BCUT2D eigenvalue weighted by molar-refractivity contribution is -0.0239. The largest absolute Gasteiger partial charge is 0.389 e. The van der Waals surface area contributed by atoms with Crippen LogP contribution in [0.2, 0.25) is 0 Å². The zero-order chi connectivity index (χ0) is 13.2. The molecule has 0 aromatic heterocycles. The summed E-state index contributed by atoms with van der Waals surface area (Å²) in [4.78, 5) is 0. The van der Waals surface area contributed by atoms with E-state index in [9.17, 15) is 5.11 Å². The highest BCUT2D eigenvalue weighted by molar-refractivity contribution is 4.67. The summed E-state index contributed by atoms with van der Waals surface area (Å²) in [6.07, 6.45) is 6.33. The average Bonchev–Trinajstić information content (AvgIpc) is 2.38. The zero-order valence-corrected chi connectivity index (χ0v) is 11.9. The summed E-state index contributed by atoms with van der Waals surface area (Å²) in [5, 5.41) is 13.0. The number of aliphatic hydroxyl groups excluding tert-OH is 1. The lowest BCUT2D eigenvalue weighted by Crippen LogP contribution is -2.36. The van der Waals surface area contributed by atoms with Gasteiger partial charge in [0.25, 0.3) is 0 Å². The minimum absolute atomic E-state index is 0.196. The normalized spacial score (nSPS) is 20.8. The van der Waals surface area contributed by atoms with Gasteiger partial charge in [0.05, 0.1) is 24.9 Å². The van der Waals surface area contributed by atoms with Crippen molar-refractivity contribution in [2.45, 2.75) is 64.3 Å². The number of hydrogen-bond acceptors (Lipinski definition) is 4. The van der Waals surface area contributed by atoms with Gasteiger partial charge < -0.3 is 19.9 Å². The van der Waals surface area contributed by atoms with Crippen molar-refractivity contribution in [1.82, 2.24) is 5.32 Å². The molecule has 2 unspecified atom stereocenters. The molecule has 0 radical (unpaired) electrons. The van der Waals surface area contributed by atoms with Crippen LogP contribution >= 0.6 is 0 Å². The molecule has 1 aliphatic rings. The van der Waals surface area contributed by atoms with Crippen molar-refractivity contribution in [2.75, 3.05) is 26.3 Å². The number of nitrogens with one attached hydrogen (secondary N) is 1. The van der Waals surface area contributed by atoms with Crippen LogP contribution in [0, 0.1) is 0 Å². The van der Waals surface area contributed by atoms with E-state index >= 15 is 0 Å². The highest BCUT2D eigenvalue weighted by Gasteiger charge is 2.15. The third kappa shape index (κ3) is 7.31. The summed E-state index contributed by atoms with van der Waals surface area (Å²) < 4.78 is 11.1. The van der Waals surface area contributed by atoms with E-state index in [4.69, 9.17) is 9.47 Å². The molecule has 18 heavy (non-hydrogen) atoms. The Bertz CT molecular complexity index is 195. The van der Waals surface area contributed by atoms with Gasteiger partial charge in [-0.2, -0.15) is 0 Å². The van der Waals surface area contributed by atoms with Crippen LogP contribution in [-0.2, 0) is 9.47 Å². The molecule has 0 aromatic carbocycles. The third-order valence-electron chi connectivity index (χ3n) is 3.34. The Hall–Kier alpha value is -0.160. The molecule has 0 bridgehead atoms. The number of rotatable bonds is 9. The fourth-order valence-corrected chi connectivity index (χ4v) is 2.33. The number of aliphatic hydroxyl groups is 1. The standard InChI is InChI=1S/C14H29NO3/c1-3-17-12(2)9-15-10-13(16)11-18-14-7-5-4-6-8-14/h12-16H,3-11H2,1-2H3. The summed E-state index contributed by atoms with van der Waals surface area (Å²) in [5.74, 6) is 0. The predicted octanol–water partition coefficient (Wildman–Crippen LogP) is 1.71. The van der Waals surface area contributed by atoms with Gasteiger partial charge in [-0.3, -0.25) is 0 Å². The Labute approximate surface area is 111 Å². The minimum Gasteiger partial charge on any atom is -0.389 e. The Balaban J connectivity index is 1.97. The molecule has 2 atom stereocenters. The van der Waals surface area contributed by atoms with E-state index in [1.165, 1.54) is 19.3 Å². The van der Waals surface area contributed by atoms with Crippen LogP contribution in [0.15, 0.2) is 0 Å². The summed E-state index contributed by atoms with van der Waals surface area (Å²) in [5.41, 5.74) is 0. The molecular formula is C14H29NO3. The molecule has 108 valence electrons. The van der Waals surface area contributed by atoms with Crippen LogP contribution < -0.4 is 5.32 Å². The van der Waals surface area contributed by atoms with Crippen LogP contribution in [0.3, 0.4) is 0 Å². The average molecular weight is 259 g/mol.